The van der Waals surface area contributed by atoms with Crippen LogP contribution in [-0.2, 0) is 11.2 Å². The van der Waals surface area contributed by atoms with E-state index < -0.39 is 0 Å². The van der Waals surface area contributed by atoms with Gasteiger partial charge in [0.05, 0.1) is 11.0 Å². The Hall–Kier alpha value is -1.81. The number of benzene rings is 3. The third kappa shape index (κ3) is 5.83. The summed E-state index contributed by atoms with van der Waals surface area (Å²) >= 11 is 13.6. The molecule has 27 heavy (non-hydrogen) atoms. The largest absolute Gasteiger partial charge is 0.298 e. The molecule has 0 fully saturated rings. The number of hydrogen-bond acceptors (Lipinski definition) is 2. The van der Waals surface area contributed by atoms with E-state index in [4.69, 9.17) is 23.2 Å². The molecule has 0 aromatic heterocycles. The van der Waals surface area contributed by atoms with Crippen LogP contribution in [0.2, 0.25) is 10.0 Å². The lowest BCUT2D eigenvalue weighted by Gasteiger charge is -2.18. The van der Waals surface area contributed by atoms with E-state index in [2.05, 4.69) is 0 Å². The highest BCUT2D eigenvalue weighted by Gasteiger charge is 2.17. The van der Waals surface area contributed by atoms with Crippen molar-refractivity contribution < 1.29 is 9.18 Å². The first kappa shape index (κ1) is 19.9. The molecule has 138 valence electrons. The van der Waals surface area contributed by atoms with Gasteiger partial charge in [0.25, 0.3) is 0 Å². The molecule has 0 saturated carbocycles. The molecule has 0 aliphatic carbocycles. The Labute approximate surface area is 172 Å². The Balaban J connectivity index is 1.72. The van der Waals surface area contributed by atoms with Crippen LogP contribution in [0.5, 0.6) is 0 Å². The second kappa shape index (κ2) is 9.41. The Bertz CT molecular complexity index is 848. The Morgan fingerprint density at radius 3 is 1.78 bits per heavy atom. The summed E-state index contributed by atoms with van der Waals surface area (Å²) in [7, 11) is 0. The number of ketones is 1. The maximum atomic E-state index is 13.0. The number of carbonyl (C=O) groups is 1. The minimum atomic E-state index is -0.300. The zero-order chi connectivity index (χ0) is 19.2. The number of halogens is 3. The molecule has 0 N–H and O–H groups in total. The lowest BCUT2D eigenvalue weighted by molar-refractivity contribution is -0.116. The monoisotopic (exact) mass is 418 g/mol. The van der Waals surface area contributed by atoms with Crippen molar-refractivity contribution in [2.24, 2.45) is 0 Å². The van der Waals surface area contributed by atoms with Crippen molar-refractivity contribution in [3.05, 3.63) is 105 Å². The molecule has 0 aliphatic rings. The summed E-state index contributed by atoms with van der Waals surface area (Å²) in [6.07, 6.45) is 0.293. The first-order valence-electron chi connectivity index (χ1n) is 8.40. The predicted octanol–water partition coefficient (Wildman–Crippen LogP) is 6.77. The van der Waals surface area contributed by atoms with Crippen LogP contribution in [0.3, 0.4) is 0 Å². The molecule has 3 aromatic rings. The molecule has 0 amide bonds. The fraction of sp³-hybridized carbons (Fsp3) is 0.136. The van der Waals surface area contributed by atoms with Gasteiger partial charge in [0.1, 0.15) is 11.6 Å². The molecule has 3 aromatic carbocycles. The van der Waals surface area contributed by atoms with Crippen molar-refractivity contribution >= 4 is 40.7 Å². The fourth-order valence-electron chi connectivity index (χ4n) is 2.72. The van der Waals surface area contributed by atoms with E-state index in [1.54, 1.807) is 23.9 Å². The quantitative estimate of drug-likeness (QED) is 0.421. The van der Waals surface area contributed by atoms with E-state index in [9.17, 15) is 9.18 Å². The first-order valence-corrected chi connectivity index (χ1v) is 10.2. The average molecular weight is 419 g/mol. The van der Waals surface area contributed by atoms with E-state index in [0.717, 1.165) is 16.7 Å². The smallest absolute Gasteiger partial charge is 0.147 e. The van der Waals surface area contributed by atoms with Gasteiger partial charge in [-0.15, -0.1) is 11.8 Å². The van der Waals surface area contributed by atoms with Gasteiger partial charge in [0.2, 0.25) is 0 Å². The van der Waals surface area contributed by atoms with Crippen LogP contribution in [0.1, 0.15) is 21.9 Å². The minimum Gasteiger partial charge on any atom is -0.298 e. The van der Waals surface area contributed by atoms with Gasteiger partial charge < -0.3 is 0 Å². The zero-order valence-corrected chi connectivity index (χ0v) is 16.7. The third-order valence-electron chi connectivity index (χ3n) is 4.07. The van der Waals surface area contributed by atoms with Crippen molar-refractivity contribution in [3.63, 3.8) is 0 Å². The summed E-state index contributed by atoms with van der Waals surface area (Å²) in [4.78, 5) is 12.4. The lowest BCUT2D eigenvalue weighted by atomic mass is 10.0. The lowest BCUT2D eigenvalue weighted by Crippen LogP contribution is -2.08. The van der Waals surface area contributed by atoms with Crippen LogP contribution in [0.25, 0.3) is 0 Å². The summed E-state index contributed by atoms with van der Waals surface area (Å²) in [6.45, 7) is 0. The molecule has 1 nitrogen and oxygen atoms in total. The second-order valence-electron chi connectivity index (χ2n) is 6.14. The molecule has 0 aliphatic heterocycles. The standard InChI is InChI=1S/C22H17Cl2FOS/c23-18-7-3-16(4-8-18)22(17-5-9-19(24)10-6-17)27-14-21(26)13-15-1-11-20(25)12-2-15/h1-12,22H,13-14H2. The first-order chi connectivity index (χ1) is 13.0. The molecule has 3 rings (SSSR count). The van der Waals surface area contributed by atoms with E-state index in [0.29, 0.717) is 22.2 Å². The summed E-state index contributed by atoms with van der Waals surface area (Å²) in [5.74, 6) is 0.151. The highest BCUT2D eigenvalue weighted by atomic mass is 35.5. The molecule has 5 heteroatoms. The number of thioether (sulfide) groups is 1. The van der Waals surface area contributed by atoms with Crippen molar-refractivity contribution in [1.82, 2.24) is 0 Å². The van der Waals surface area contributed by atoms with Gasteiger partial charge in [-0.2, -0.15) is 0 Å². The Morgan fingerprint density at radius 2 is 1.30 bits per heavy atom. The maximum Gasteiger partial charge on any atom is 0.147 e. The molecule has 0 atom stereocenters. The molecule has 0 unspecified atom stereocenters. The number of carbonyl (C=O) groups excluding carboxylic acids is 1. The van der Waals surface area contributed by atoms with Gasteiger partial charge in [-0.05, 0) is 53.1 Å². The molecular formula is C22H17Cl2FOS. The minimum absolute atomic E-state index is 0.00305. The summed E-state index contributed by atoms with van der Waals surface area (Å²) < 4.78 is 13.0. The topological polar surface area (TPSA) is 17.1 Å². The summed E-state index contributed by atoms with van der Waals surface area (Å²) in [5, 5.41) is 1.34. The highest BCUT2D eigenvalue weighted by Crippen LogP contribution is 2.36. The van der Waals surface area contributed by atoms with E-state index in [1.807, 2.05) is 48.5 Å². The maximum absolute atomic E-state index is 13.0. The van der Waals surface area contributed by atoms with Gasteiger partial charge in [0.15, 0.2) is 0 Å². The number of Topliss-reactive ketones (excluding diaryl/α,β-unsaturated/α-hetero) is 1. The highest BCUT2D eigenvalue weighted by molar-refractivity contribution is 8.00. The van der Waals surface area contributed by atoms with E-state index in [1.165, 1.54) is 12.1 Å². The van der Waals surface area contributed by atoms with Crippen LogP contribution in [-0.4, -0.2) is 11.5 Å². The fourth-order valence-corrected chi connectivity index (χ4v) is 4.12. The summed E-state index contributed by atoms with van der Waals surface area (Å²) in [5.41, 5.74) is 2.96. The van der Waals surface area contributed by atoms with Gasteiger partial charge >= 0.3 is 0 Å². The van der Waals surface area contributed by atoms with E-state index >= 15 is 0 Å². The van der Waals surface area contributed by atoms with Crippen LogP contribution in [0.4, 0.5) is 4.39 Å². The molecule has 0 spiro atoms. The van der Waals surface area contributed by atoms with Crippen LogP contribution < -0.4 is 0 Å². The van der Waals surface area contributed by atoms with Gasteiger partial charge in [-0.3, -0.25) is 4.79 Å². The van der Waals surface area contributed by atoms with Crippen LogP contribution in [0.15, 0.2) is 72.8 Å². The second-order valence-corrected chi connectivity index (χ2v) is 8.10. The number of hydrogen-bond donors (Lipinski definition) is 0. The zero-order valence-electron chi connectivity index (χ0n) is 14.4. The van der Waals surface area contributed by atoms with Crippen molar-refractivity contribution in [3.8, 4) is 0 Å². The predicted molar refractivity (Wildman–Crippen MR) is 112 cm³/mol. The normalized spacial score (nSPS) is 11.0. The molecule has 0 heterocycles. The molecule has 0 radical (unpaired) electrons. The number of rotatable bonds is 7. The molecule has 0 bridgehead atoms. The Kier molecular flexibility index (Phi) is 6.95. The Morgan fingerprint density at radius 1 is 0.815 bits per heavy atom. The van der Waals surface area contributed by atoms with Gasteiger partial charge in [-0.1, -0.05) is 59.6 Å². The SMILES string of the molecule is O=C(CSC(c1ccc(Cl)cc1)c1ccc(Cl)cc1)Cc1ccc(F)cc1. The van der Waals surface area contributed by atoms with Crippen molar-refractivity contribution in [2.45, 2.75) is 11.7 Å². The third-order valence-corrected chi connectivity index (χ3v) is 5.94. The molecular weight excluding hydrogens is 402 g/mol. The van der Waals surface area contributed by atoms with Crippen LogP contribution in [0, 0.1) is 5.82 Å². The van der Waals surface area contributed by atoms with E-state index in [-0.39, 0.29) is 16.9 Å². The summed E-state index contributed by atoms with van der Waals surface area (Å²) in [6, 6.07) is 21.3. The van der Waals surface area contributed by atoms with Crippen molar-refractivity contribution in [1.29, 1.82) is 0 Å². The average Bonchev–Trinajstić information content (AvgIpc) is 2.66. The molecule has 0 saturated heterocycles. The van der Waals surface area contributed by atoms with Crippen LogP contribution >= 0.6 is 35.0 Å². The van der Waals surface area contributed by atoms with Gasteiger partial charge in [0, 0.05) is 16.5 Å². The van der Waals surface area contributed by atoms with Crippen molar-refractivity contribution in [2.75, 3.05) is 5.75 Å². The van der Waals surface area contributed by atoms with Gasteiger partial charge in [-0.25, -0.2) is 4.39 Å².